The van der Waals surface area contributed by atoms with Gasteiger partial charge in [0.2, 0.25) is 0 Å². The summed E-state index contributed by atoms with van der Waals surface area (Å²) in [6, 6.07) is 6.18. The van der Waals surface area contributed by atoms with Crippen molar-refractivity contribution in [3.8, 4) is 0 Å². The fourth-order valence-corrected chi connectivity index (χ4v) is 2.74. The summed E-state index contributed by atoms with van der Waals surface area (Å²) >= 11 is 1.41. The molecule has 94 valence electrons. The molecule has 0 aliphatic rings. The number of rotatable bonds is 3. The van der Waals surface area contributed by atoms with Gasteiger partial charge in [0.15, 0.2) is 5.78 Å². The summed E-state index contributed by atoms with van der Waals surface area (Å²) in [7, 11) is 1.84. The zero-order valence-electron chi connectivity index (χ0n) is 10.4. The highest BCUT2D eigenvalue weighted by Gasteiger charge is 2.12. The molecule has 0 N–H and O–H groups in total. The number of Topliss-reactive ketones (excluding diaryl/α,β-unsaturated/α-hetero) is 1. The summed E-state index contributed by atoms with van der Waals surface area (Å²) < 4.78 is 14.9. The van der Waals surface area contributed by atoms with E-state index in [0.717, 1.165) is 15.6 Å². The highest BCUT2D eigenvalue weighted by Crippen LogP contribution is 2.31. The first-order valence-electron chi connectivity index (χ1n) is 5.46. The van der Waals surface area contributed by atoms with Gasteiger partial charge < -0.3 is 0 Å². The van der Waals surface area contributed by atoms with Crippen LogP contribution in [0.1, 0.15) is 23.0 Å². The van der Waals surface area contributed by atoms with Crippen molar-refractivity contribution in [1.82, 2.24) is 9.78 Å². The van der Waals surface area contributed by atoms with Crippen molar-refractivity contribution < 1.29 is 9.18 Å². The van der Waals surface area contributed by atoms with Crippen LogP contribution in [0.25, 0.3) is 0 Å². The third-order valence-corrected chi connectivity index (χ3v) is 3.66. The summed E-state index contributed by atoms with van der Waals surface area (Å²) in [4.78, 5) is 12.2. The van der Waals surface area contributed by atoms with Gasteiger partial charge in [-0.3, -0.25) is 9.48 Å². The molecule has 5 heteroatoms. The maximum Gasteiger partial charge on any atom is 0.161 e. The lowest BCUT2D eigenvalue weighted by Crippen LogP contribution is -1.98. The van der Waals surface area contributed by atoms with Crippen molar-refractivity contribution >= 4 is 17.5 Å². The zero-order chi connectivity index (χ0) is 13.3. The van der Waals surface area contributed by atoms with Crippen molar-refractivity contribution in [1.29, 1.82) is 0 Å². The topological polar surface area (TPSA) is 34.9 Å². The first-order chi connectivity index (χ1) is 8.47. The number of aromatic nitrogens is 2. The summed E-state index contributed by atoms with van der Waals surface area (Å²) in [5.41, 5.74) is 1.31. The van der Waals surface area contributed by atoms with Gasteiger partial charge in [0, 0.05) is 17.5 Å². The second-order valence-electron chi connectivity index (χ2n) is 4.05. The van der Waals surface area contributed by atoms with Crippen LogP contribution in [0.2, 0.25) is 0 Å². The van der Waals surface area contributed by atoms with Gasteiger partial charge in [0.1, 0.15) is 5.82 Å². The van der Waals surface area contributed by atoms with Gasteiger partial charge >= 0.3 is 0 Å². The smallest absolute Gasteiger partial charge is 0.161 e. The van der Waals surface area contributed by atoms with Crippen molar-refractivity contribution in [2.24, 2.45) is 7.05 Å². The number of halogens is 1. The van der Waals surface area contributed by atoms with E-state index in [4.69, 9.17) is 0 Å². The second-order valence-corrected chi connectivity index (χ2v) is 5.11. The van der Waals surface area contributed by atoms with Crippen LogP contribution in [-0.4, -0.2) is 15.6 Å². The van der Waals surface area contributed by atoms with E-state index in [1.807, 2.05) is 20.0 Å². The van der Waals surface area contributed by atoms with Gasteiger partial charge in [0.05, 0.1) is 10.7 Å². The van der Waals surface area contributed by atoms with Gasteiger partial charge in [-0.05, 0) is 38.1 Å². The molecule has 0 spiro atoms. The Kier molecular flexibility index (Phi) is 3.52. The van der Waals surface area contributed by atoms with Crippen LogP contribution in [0.4, 0.5) is 4.39 Å². The fraction of sp³-hybridized carbons (Fsp3) is 0.231. The minimum Gasteiger partial charge on any atom is -0.294 e. The average molecular weight is 264 g/mol. The van der Waals surface area contributed by atoms with E-state index in [-0.39, 0.29) is 5.78 Å². The average Bonchev–Trinajstić information content (AvgIpc) is 2.60. The van der Waals surface area contributed by atoms with Crippen LogP contribution >= 0.6 is 11.8 Å². The van der Waals surface area contributed by atoms with Crippen molar-refractivity contribution in [3.05, 3.63) is 41.3 Å². The molecule has 3 nitrogen and oxygen atoms in total. The molecule has 0 aliphatic heterocycles. The molecule has 0 unspecified atom stereocenters. The van der Waals surface area contributed by atoms with Crippen LogP contribution in [0.5, 0.6) is 0 Å². The number of aryl methyl sites for hydroxylation is 2. The van der Waals surface area contributed by atoms with Crippen LogP contribution in [0, 0.1) is 12.7 Å². The first-order valence-corrected chi connectivity index (χ1v) is 6.28. The largest absolute Gasteiger partial charge is 0.294 e. The Hall–Kier alpha value is -1.62. The number of hydrogen-bond donors (Lipinski definition) is 0. The van der Waals surface area contributed by atoms with Gasteiger partial charge in [-0.15, -0.1) is 0 Å². The second kappa shape index (κ2) is 4.94. The van der Waals surface area contributed by atoms with E-state index < -0.39 is 5.82 Å². The Morgan fingerprint density at radius 2 is 2.11 bits per heavy atom. The molecule has 18 heavy (non-hydrogen) atoms. The van der Waals surface area contributed by atoms with E-state index in [1.165, 1.54) is 30.8 Å². The Morgan fingerprint density at radius 3 is 2.67 bits per heavy atom. The molecular formula is C13H13FN2OS. The van der Waals surface area contributed by atoms with E-state index in [9.17, 15) is 9.18 Å². The third-order valence-electron chi connectivity index (χ3n) is 2.49. The third kappa shape index (κ3) is 2.61. The van der Waals surface area contributed by atoms with Crippen LogP contribution < -0.4 is 0 Å². The number of hydrogen-bond acceptors (Lipinski definition) is 3. The molecule has 0 saturated heterocycles. The lowest BCUT2D eigenvalue weighted by Gasteiger charge is -2.06. The van der Waals surface area contributed by atoms with Crippen LogP contribution in [0.3, 0.4) is 0 Å². The maximum absolute atomic E-state index is 13.2. The molecule has 0 aliphatic carbocycles. The minimum absolute atomic E-state index is 0.143. The predicted octanol–water partition coefficient (Wildman–Crippen LogP) is 3.22. The molecule has 0 amide bonds. The monoisotopic (exact) mass is 264 g/mol. The summed E-state index contributed by atoms with van der Waals surface area (Å²) in [6.45, 7) is 3.34. The molecule has 1 heterocycles. The molecule has 0 bridgehead atoms. The van der Waals surface area contributed by atoms with E-state index in [0.29, 0.717) is 5.56 Å². The molecule has 2 aromatic rings. The van der Waals surface area contributed by atoms with E-state index in [2.05, 4.69) is 5.10 Å². The highest BCUT2D eigenvalue weighted by atomic mass is 32.2. The lowest BCUT2D eigenvalue weighted by atomic mass is 10.1. The van der Waals surface area contributed by atoms with Crippen molar-refractivity contribution in [2.75, 3.05) is 0 Å². The van der Waals surface area contributed by atoms with Crippen LogP contribution in [-0.2, 0) is 7.05 Å². The Labute approximate surface area is 109 Å². The number of benzene rings is 1. The van der Waals surface area contributed by atoms with Crippen molar-refractivity contribution in [3.63, 3.8) is 0 Å². The van der Waals surface area contributed by atoms with Gasteiger partial charge in [0.25, 0.3) is 0 Å². The number of nitrogens with zero attached hydrogens (tertiary/aromatic N) is 2. The van der Waals surface area contributed by atoms with Gasteiger partial charge in [-0.1, -0.05) is 11.8 Å². The number of ketones is 1. The molecule has 1 aromatic heterocycles. The highest BCUT2D eigenvalue weighted by molar-refractivity contribution is 7.99. The zero-order valence-corrected chi connectivity index (χ0v) is 11.2. The lowest BCUT2D eigenvalue weighted by molar-refractivity contribution is 0.101. The standard InChI is InChI=1S/C13H13FN2OS/c1-8-6-13(16(3)15-8)18-12-5-4-10(14)7-11(12)9(2)17/h4-7H,1-3H3. The van der Waals surface area contributed by atoms with E-state index in [1.54, 1.807) is 10.7 Å². The van der Waals surface area contributed by atoms with Gasteiger partial charge in [-0.25, -0.2) is 4.39 Å². The Bertz CT molecular complexity index is 607. The van der Waals surface area contributed by atoms with E-state index >= 15 is 0 Å². The van der Waals surface area contributed by atoms with Gasteiger partial charge in [-0.2, -0.15) is 5.10 Å². The molecule has 2 rings (SSSR count). The SMILES string of the molecule is CC(=O)c1cc(F)ccc1Sc1cc(C)nn1C. The summed E-state index contributed by atoms with van der Waals surface area (Å²) in [5.74, 6) is -0.540. The molecule has 0 atom stereocenters. The fourth-order valence-electron chi connectivity index (χ4n) is 1.66. The van der Waals surface area contributed by atoms with Crippen LogP contribution in [0.15, 0.2) is 34.2 Å². The molecule has 0 fully saturated rings. The number of carbonyl (C=O) groups excluding carboxylic acids is 1. The summed E-state index contributed by atoms with van der Waals surface area (Å²) in [6.07, 6.45) is 0. The quantitative estimate of drug-likeness (QED) is 0.798. The normalized spacial score (nSPS) is 10.7. The number of carbonyl (C=O) groups is 1. The first kappa shape index (κ1) is 12.8. The molecule has 1 aromatic carbocycles. The maximum atomic E-state index is 13.2. The predicted molar refractivity (Wildman–Crippen MR) is 68.5 cm³/mol. The Balaban J connectivity index is 2.40. The summed E-state index contributed by atoms with van der Waals surface area (Å²) in [5, 5.41) is 5.15. The molecule has 0 radical (unpaired) electrons. The minimum atomic E-state index is -0.397. The molecular weight excluding hydrogens is 251 g/mol. The van der Waals surface area contributed by atoms with Crippen molar-refractivity contribution in [2.45, 2.75) is 23.8 Å². The Morgan fingerprint density at radius 1 is 1.39 bits per heavy atom. The molecule has 0 saturated carbocycles.